The lowest BCUT2D eigenvalue weighted by Crippen LogP contribution is -2.32. The molecular formula is C16H18N4O3S2. The Morgan fingerprint density at radius 1 is 1.40 bits per heavy atom. The van der Waals surface area contributed by atoms with Crippen molar-refractivity contribution in [1.82, 2.24) is 14.9 Å². The van der Waals surface area contributed by atoms with E-state index in [4.69, 9.17) is 10.00 Å². The largest absolute Gasteiger partial charge is 0.455 e. The molecule has 2 heterocycles. The van der Waals surface area contributed by atoms with Crippen LogP contribution < -0.4 is 0 Å². The molecule has 0 unspecified atom stereocenters. The van der Waals surface area contributed by atoms with E-state index in [-0.39, 0.29) is 24.7 Å². The molecule has 25 heavy (non-hydrogen) atoms. The van der Waals surface area contributed by atoms with Crippen molar-refractivity contribution < 1.29 is 14.3 Å². The smallest absolute Gasteiger partial charge is 0.316 e. The van der Waals surface area contributed by atoms with Crippen molar-refractivity contribution in [2.24, 2.45) is 0 Å². The first-order valence-electron chi connectivity index (χ1n) is 7.54. The second kappa shape index (κ2) is 8.78. The first-order valence-corrected chi connectivity index (χ1v) is 9.34. The quantitative estimate of drug-likeness (QED) is 0.414. The fourth-order valence-electron chi connectivity index (χ4n) is 2.02. The zero-order valence-corrected chi connectivity index (χ0v) is 15.9. The zero-order valence-electron chi connectivity index (χ0n) is 14.2. The molecule has 2 rings (SSSR count). The molecule has 2 aromatic rings. The SMILES string of the molecule is Cc1sc2ncnc(SCC(=O)OCC(=O)N(C)CCC#N)c2c1C. The third-order valence-corrected chi connectivity index (χ3v) is 5.68. The Morgan fingerprint density at radius 2 is 2.16 bits per heavy atom. The van der Waals surface area contributed by atoms with E-state index in [2.05, 4.69) is 9.97 Å². The number of nitriles is 1. The number of aromatic nitrogens is 2. The molecule has 0 atom stereocenters. The van der Waals surface area contributed by atoms with E-state index in [9.17, 15) is 9.59 Å². The number of carbonyl (C=O) groups is 2. The minimum Gasteiger partial charge on any atom is -0.455 e. The molecule has 1 amide bonds. The van der Waals surface area contributed by atoms with Crippen LogP contribution in [0.1, 0.15) is 16.9 Å². The first-order chi connectivity index (χ1) is 11.9. The lowest BCUT2D eigenvalue weighted by Gasteiger charge is -2.15. The van der Waals surface area contributed by atoms with Crippen molar-refractivity contribution in [3.63, 3.8) is 0 Å². The summed E-state index contributed by atoms with van der Waals surface area (Å²) >= 11 is 2.87. The number of aryl methyl sites for hydroxylation is 2. The van der Waals surface area contributed by atoms with E-state index in [1.807, 2.05) is 19.9 Å². The molecule has 0 aliphatic heterocycles. The number of hydrogen-bond acceptors (Lipinski definition) is 8. The normalized spacial score (nSPS) is 10.5. The number of carbonyl (C=O) groups excluding carboxylic acids is 2. The predicted molar refractivity (Wildman–Crippen MR) is 96.4 cm³/mol. The Balaban J connectivity index is 1.89. The number of nitrogens with zero attached hydrogens (tertiary/aromatic N) is 4. The lowest BCUT2D eigenvalue weighted by molar-refractivity contribution is -0.149. The van der Waals surface area contributed by atoms with Gasteiger partial charge in [-0.2, -0.15) is 5.26 Å². The fourth-order valence-corrected chi connectivity index (χ4v) is 3.94. The summed E-state index contributed by atoms with van der Waals surface area (Å²) in [4.78, 5) is 35.6. The molecular weight excluding hydrogens is 360 g/mol. The summed E-state index contributed by atoms with van der Waals surface area (Å²) in [6, 6.07) is 1.96. The third kappa shape index (κ3) is 4.90. The minimum atomic E-state index is -0.483. The van der Waals surface area contributed by atoms with Gasteiger partial charge in [0, 0.05) is 23.9 Å². The number of thiophene rings is 1. The number of rotatable bonds is 7. The van der Waals surface area contributed by atoms with Gasteiger partial charge in [0.1, 0.15) is 16.2 Å². The summed E-state index contributed by atoms with van der Waals surface area (Å²) in [6.45, 7) is 4.03. The maximum absolute atomic E-state index is 11.9. The molecule has 9 heteroatoms. The van der Waals surface area contributed by atoms with E-state index in [1.165, 1.54) is 27.9 Å². The highest BCUT2D eigenvalue weighted by Crippen LogP contribution is 2.34. The summed E-state index contributed by atoms with van der Waals surface area (Å²) < 4.78 is 5.00. The Kier molecular flexibility index (Phi) is 6.73. The molecule has 0 aliphatic carbocycles. The van der Waals surface area contributed by atoms with E-state index in [1.54, 1.807) is 18.4 Å². The molecule has 0 radical (unpaired) electrons. The summed E-state index contributed by atoms with van der Waals surface area (Å²) in [5, 5.41) is 10.2. The van der Waals surface area contributed by atoms with Crippen LogP contribution in [0.3, 0.4) is 0 Å². The second-order valence-electron chi connectivity index (χ2n) is 5.31. The third-order valence-electron chi connectivity index (χ3n) is 3.60. The molecule has 0 saturated carbocycles. The Morgan fingerprint density at radius 3 is 2.88 bits per heavy atom. The van der Waals surface area contributed by atoms with Gasteiger partial charge in [0.15, 0.2) is 6.61 Å². The fraction of sp³-hybridized carbons (Fsp3) is 0.438. The van der Waals surface area contributed by atoms with Gasteiger partial charge in [0.2, 0.25) is 0 Å². The van der Waals surface area contributed by atoms with Gasteiger partial charge in [-0.3, -0.25) is 9.59 Å². The molecule has 0 N–H and O–H groups in total. The van der Waals surface area contributed by atoms with E-state index in [0.717, 1.165) is 20.8 Å². The standard InChI is InChI=1S/C16H18N4O3S2/c1-10-11(2)25-16-14(10)15(18-9-19-16)24-8-13(22)23-7-12(21)20(3)6-4-5-17/h9H,4,6-8H2,1-3H3. The van der Waals surface area contributed by atoms with E-state index < -0.39 is 5.97 Å². The van der Waals surface area contributed by atoms with Gasteiger partial charge in [-0.25, -0.2) is 9.97 Å². The van der Waals surface area contributed by atoms with Gasteiger partial charge in [-0.15, -0.1) is 11.3 Å². The molecule has 0 aromatic carbocycles. The van der Waals surface area contributed by atoms with Crippen molar-refractivity contribution in [1.29, 1.82) is 5.26 Å². The Hall–Kier alpha value is -2.18. The lowest BCUT2D eigenvalue weighted by atomic mass is 10.2. The summed E-state index contributed by atoms with van der Waals surface area (Å²) in [5.74, 6) is -0.749. The number of hydrogen-bond donors (Lipinski definition) is 0. The number of ether oxygens (including phenoxy) is 1. The van der Waals surface area contributed by atoms with Gasteiger partial charge >= 0.3 is 5.97 Å². The van der Waals surface area contributed by atoms with Crippen molar-refractivity contribution in [2.45, 2.75) is 25.3 Å². The molecule has 0 spiro atoms. The van der Waals surface area contributed by atoms with Crippen LogP contribution in [-0.2, 0) is 14.3 Å². The van der Waals surface area contributed by atoms with Gasteiger partial charge < -0.3 is 9.64 Å². The van der Waals surface area contributed by atoms with Crippen molar-refractivity contribution in [3.8, 4) is 6.07 Å². The molecule has 132 valence electrons. The van der Waals surface area contributed by atoms with Crippen LogP contribution in [0.15, 0.2) is 11.4 Å². The van der Waals surface area contributed by atoms with Crippen LogP contribution in [-0.4, -0.2) is 52.7 Å². The monoisotopic (exact) mass is 378 g/mol. The number of amides is 1. The molecule has 0 fully saturated rings. The van der Waals surface area contributed by atoms with Crippen molar-refractivity contribution >= 4 is 45.2 Å². The van der Waals surface area contributed by atoms with Crippen molar-refractivity contribution in [2.75, 3.05) is 26.0 Å². The van der Waals surface area contributed by atoms with Gasteiger partial charge in [-0.1, -0.05) is 11.8 Å². The van der Waals surface area contributed by atoms with Crippen LogP contribution in [0.4, 0.5) is 0 Å². The molecule has 7 nitrogen and oxygen atoms in total. The predicted octanol–water partition coefficient (Wildman–Crippen LogP) is 2.32. The van der Waals surface area contributed by atoms with E-state index in [0.29, 0.717) is 6.54 Å². The topological polar surface area (TPSA) is 96.2 Å². The van der Waals surface area contributed by atoms with E-state index >= 15 is 0 Å². The summed E-state index contributed by atoms with van der Waals surface area (Å²) in [7, 11) is 1.57. The van der Waals surface area contributed by atoms with Gasteiger partial charge in [0.05, 0.1) is 18.2 Å². The minimum absolute atomic E-state index is 0.0651. The number of fused-ring (bicyclic) bond motifs is 1. The summed E-state index contributed by atoms with van der Waals surface area (Å²) in [6.07, 6.45) is 1.73. The van der Waals surface area contributed by atoms with Crippen LogP contribution in [0, 0.1) is 25.2 Å². The Labute approximate surface area is 154 Å². The first kappa shape index (κ1) is 19.1. The van der Waals surface area contributed by atoms with Crippen molar-refractivity contribution in [3.05, 3.63) is 16.8 Å². The molecule has 0 bridgehead atoms. The number of esters is 1. The second-order valence-corrected chi connectivity index (χ2v) is 7.48. The van der Waals surface area contributed by atoms with Gasteiger partial charge in [-0.05, 0) is 19.4 Å². The Bertz CT molecular complexity index is 829. The summed E-state index contributed by atoms with van der Waals surface area (Å²) in [5.41, 5.74) is 1.12. The highest BCUT2D eigenvalue weighted by atomic mass is 32.2. The zero-order chi connectivity index (χ0) is 18.4. The highest BCUT2D eigenvalue weighted by Gasteiger charge is 2.15. The number of thioether (sulfide) groups is 1. The molecule has 2 aromatic heterocycles. The average Bonchev–Trinajstić information content (AvgIpc) is 2.90. The van der Waals surface area contributed by atoms with Crippen LogP contribution >= 0.6 is 23.1 Å². The maximum atomic E-state index is 11.9. The molecule has 0 saturated heterocycles. The average molecular weight is 378 g/mol. The van der Waals surface area contributed by atoms with Gasteiger partial charge in [0.25, 0.3) is 5.91 Å². The highest BCUT2D eigenvalue weighted by molar-refractivity contribution is 8.00. The van der Waals surface area contributed by atoms with Crippen LogP contribution in [0.5, 0.6) is 0 Å². The molecule has 0 aliphatic rings. The maximum Gasteiger partial charge on any atom is 0.316 e. The van der Waals surface area contributed by atoms with Crippen LogP contribution in [0.25, 0.3) is 10.2 Å². The van der Waals surface area contributed by atoms with Crippen LogP contribution in [0.2, 0.25) is 0 Å². The number of likely N-dealkylation sites (N-methyl/N-ethyl adjacent to an activating group) is 1.